The van der Waals surface area contributed by atoms with Gasteiger partial charge in [-0.25, -0.2) is 0 Å². The molecule has 0 radical (unpaired) electrons. The van der Waals surface area contributed by atoms with Crippen molar-refractivity contribution in [3.05, 3.63) is 22.6 Å². The molecule has 2 N–H and O–H groups in total. The standard InChI is InChI=1S/C17H24N2O3.ClH/c1-10-15-13(20)6-3-7-14(15)22-16(10)17(21)19-8-4-5-12(9-19)11(2)18;/h11-12H,3-9,18H2,1-2H3;1H. The number of furan rings is 1. The average Bonchev–Trinajstić information content (AvgIpc) is 2.85. The van der Waals surface area contributed by atoms with Gasteiger partial charge in [0.25, 0.3) is 5.91 Å². The molecule has 2 unspecified atom stereocenters. The van der Waals surface area contributed by atoms with Crippen LogP contribution in [0.4, 0.5) is 0 Å². The molecular formula is C17H25ClN2O3. The van der Waals surface area contributed by atoms with Gasteiger partial charge in [0.2, 0.25) is 0 Å². The zero-order valence-electron chi connectivity index (χ0n) is 13.8. The van der Waals surface area contributed by atoms with Crippen molar-refractivity contribution >= 4 is 24.1 Å². The molecule has 1 aromatic rings. The van der Waals surface area contributed by atoms with Gasteiger partial charge in [-0.2, -0.15) is 0 Å². The van der Waals surface area contributed by atoms with E-state index in [9.17, 15) is 9.59 Å². The van der Waals surface area contributed by atoms with Gasteiger partial charge in [-0.15, -0.1) is 12.4 Å². The third-order valence-corrected chi connectivity index (χ3v) is 4.99. The molecule has 2 atom stereocenters. The third kappa shape index (κ3) is 3.31. The molecule has 128 valence electrons. The maximum Gasteiger partial charge on any atom is 0.289 e. The zero-order chi connectivity index (χ0) is 15.9. The molecule has 2 aliphatic rings. The van der Waals surface area contributed by atoms with Crippen LogP contribution in [0.15, 0.2) is 4.42 Å². The summed E-state index contributed by atoms with van der Waals surface area (Å²) in [5.41, 5.74) is 7.35. The Morgan fingerprint density at radius 2 is 2.09 bits per heavy atom. The van der Waals surface area contributed by atoms with E-state index < -0.39 is 0 Å². The van der Waals surface area contributed by atoms with Crippen molar-refractivity contribution in [2.45, 2.75) is 52.0 Å². The highest BCUT2D eigenvalue weighted by Crippen LogP contribution is 2.31. The average molecular weight is 341 g/mol. The first-order chi connectivity index (χ1) is 10.5. The smallest absolute Gasteiger partial charge is 0.289 e. The molecule has 6 heteroatoms. The van der Waals surface area contributed by atoms with E-state index in [2.05, 4.69) is 0 Å². The van der Waals surface area contributed by atoms with Crippen LogP contribution in [0.5, 0.6) is 0 Å². The minimum Gasteiger partial charge on any atom is -0.455 e. The molecule has 2 heterocycles. The Bertz CT molecular complexity index is 609. The van der Waals surface area contributed by atoms with Gasteiger partial charge in [-0.05, 0) is 39.0 Å². The number of ketones is 1. The monoisotopic (exact) mass is 340 g/mol. The Balaban J connectivity index is 0.00000192. The van der Waals surface area contributed by atoms with E-state index in [1.54, 1.807) is 0 Å². The lowest BCUT2D eigenvalue weighted by Crippen LogP contribution is -2.45. The number of fused-ring (bicyclic) bond motifs is 1. The Hall–Kier alpha value is -1.33. The van der Waals surface area contributed by atoms with Crippen LogP contribution in [-0.4, -0.2) is 35.7 Å². The molecule has 1 aromatic heterocycles. The van der Waals surface area contributed by atoms with Gasteiger partial charge in [-0.1, -0.05) is 0 Å². The highest BCUT2D eigenvalue weighted by Gasteiger charge is 2.33. The molecule has 0 aromatic carbocycles. The van der Waals surface area contributed by atoms with Gasteiger partial charge in [0.1, 0.15) is 5.76 Å². The molecule has 1 fully saturated rings. The number of nitrogens with two attached hydrogens (primary N) is 1. The van der Waals surface area contributed by atoms with E-state index in [0.29, 0.717) is 41.5 Å². The molecule has 1 aliphatic heterocycles. The van der Waals surface area contributed by atoms with E-state index >= 15 is 0 Å². The van der Waals surface area contributed by atoms with Gasteiger partial charge < -0.3 is 15.1 Å². The largest absolute Gasteiger partial charge is 0.455 e. The highest BCUT2D eigenvalue weighted by atomic mass is 35.5. The predicted octanol–water partition coefficient (Wildman–Crippen LogP) is 2.73. The van der Waals surface area contributed by atoms with E-state index in [1.165, 1.54) is 0 Å². The molecule has 1 saturated heterocycles. The van der Waals surface area contributed by atoms with Gasteiger partial charge in [0.05, 0.1) is 5.56 Å². The topological polar surface area (TPSA) is 76.5 Å². The molecule has 0 spiro atoms. The van der Waals surface area contributed by atoms with Crippen LogP contribution in [0.3, 0.4) is 0 Å². The van der Waals surface area contributed by atoms with E-state index in [-0.39, 0.29) is 30.1 Å². The number of amides is 1. The van der Waals surface area contributed by atoms with Crippen LogP contribution < -0.4 is 5.73 Å². The number of piperidine rings is 1. The maximum atomic E-state index is 12.8. The molecule has 1 aliphatic carbocycles. The SMILES string of the molecule is Cc1c(C(=O)N2CCCC(C(C)N)C2)oc2c1C(=O)CCC2.Cl. The van der Waals surface area contributed by atoms with Crippen molar-refractivity contribution in [2.75, 3.05) is 13.1 Å². The fraction of sp³-hybridized carbons (Fsp3) is 0.647. The summed E-state index contributed by atoms with van der Waals surface area (Å²) in [6.45, 7) is 5.23. The van der Waals surface area contributed by atoms with Crippen molar-refractivity contribution in [3.63, 3.8) is 0 Å². The Morgan fingerprint density at radius 3 is 2.74 bits per heavy atom. The number of halogens is 1. The number of rotatable bonds is 2. The second kappa shape index (κ2) is 7.05. The summed E-state index contributed by atoms with van der Waals surface area (Å²) in [5, 5.41) is 0. The molecule has 0 saturated carbocycles. The summed E-state index contributed by atoms with van der Waals surface area (Å²) in [4.78, 5) is 26.7. The minimum absolute atomic E-state index is 0. The first-order valence-corrected chi connectivity index (χ1v) is 8.19. The minimum atomic E-state index is -0.0925. The fourth-order valence-corrected chi connectivity index (χ4v) is 3.62. The number of aryl methyl sites for hydroxylation is 1. The summed E-state index contributed by atoms with van der Waals surface area (Å²) in [6, 6.07) is 0.0862. The van der Waals surface area contributed by atoms with Crippen LogP contribution in [-0.2, 0) is 6.42 Å². The molecule has 1 amide bonds. The normalized spacial score (nSPS) is 22.3. The van der Waals surface area contributed by atoms with Gasteiger partial charge >= 0.3 is 0 Å². The number of hydrogen-bond acceptors (Lipinski definition) is 4. The molecule has 0 bridgehead atoms. The first kappa shape index (κ1) is 18.0. The summed E-state index contributed by atoms with van der Waals surface area (Å²) in [6.07, 6.45) is 4.14. The van der Waals surface area contributed by atoms with Crippen LogP contribution in [0.25, 0.3) is 0 Å². The second-order valence-electron chi connectivity index (χ2n) is 6.64. The molecule has 5 nitrogen and oxygen atoms in total. The Labute approximate surface area is 143 Å². The lowest BCUT2D eigenvalue weighted by molar-refractivity contribution is 0.0625. The number of hydrogen-bond donors (Lipinski definition) is 1. The number of nitrogens with zero attached hydrogens (tertiary/aromatic N) is 1. The predicted molar refractivity (Wildman–Crippen MR) is 90.2 cm³/mol. The van der Waals surface area contributed by atoms with Crippen molar-refractivity contribution in [3.8, 4) is 0 Å². The Kier molecular flexibility index (Phi) is 5.53. The van der Waals surface area contributed by atoms with E-state index in [1.807, 2.05) is 18.7 Å². The number of likely N-dealkylation sites (tertiary alicyclic amines) is 1. The summed E-state index contributed by atoms with van der Waals surface area (Å²) in [5.74, 6) is 1.39. The van der Waals surface area contributed by atoms with E-state index in [4.69, 9.17) is 10.2 Å². The lowest BCUT2D eigenvalue weighted by Gasteiger charge is -2.34. The molecule has 3 rings (SSSR count). The molecule has 23 heavy (non-hydrogen) atoms. The van der Waals surface area contributed by atoms with Crippen LogP contribution in [0.2, 0.25) is 0 Å². The van der Waals surface area contributed by atoms with Gasteiger partial charge in [-0.3, -0.25) is 9.59 Å². The van der Waals surface area contributed by atoms with Crippen molar-refractivity contribution in [2.24, 2.45) is 11.7 Å². The van der Waals surface area contributed by atoms with Crippen LogP contribution in [0, 0.1) is 12.8 Å². The maximum absolute atomic E-state index is 12.8. The number of carbonyl (C=O) groups is 2. The highest BCUT2D eigenvalue weighted by molar-refractivity contribution is 6.03. The second-order valence-corrected chi connectivity index (χ2v) is 6.64. The van der Waals surface area contributed by atoms with Gasteiger partial charge in [0.15, 0.2) is 11.5 Å². The quantitative estimate of drug-likeness (QED) is 0.898. The van der Waals surface area contributed by atoms with Crippen molar-refractivity contribution in [1.29, 1.82) is 0 Å². The van der Waals surface area contributed by atoms with Crippen LogP contribution >= 0.6 is 12.4 Å². The lowest BCUT2D eigenvalue weighted by atomic mass is 9.91. The molecular weight excluding hydrogens is 316 g/mol. The number of carbonyl (C=O) groups excluding carboxylic acids is 2. The van der Waals surface area contributed by atoms with Crippen LogP contribution in [0.1, 0.15) is 64.8 Å². The zero-order valence-corrected chi connectivity index (χ0v) is 14.6. The van der Waals surface area contributed by atoms with E-state index in [0.717, 1.165) is 32.2 Å². The summed E-state index contributed by atoms with van der Waals surface area (Å²) >= 11 is 0. The fourth-order valence-electron chi connectivity index (χ4n) is 3.62. The third-order valence-electron chi connectivity index (χ3n) is 4.99. The summed E-state index contributed by atoms with van der Waals surface area (Å²) < 4.78 is 5.77. The number of Topliss-reactive ketones (excluding diaryl/α,β-unsaturated/α-hetero) is 1. The Morgan fingerprint density at radius 1 is 1.35 bits per heavy atom. The van der Waals surface area contributed by atoms with Crippen molar-refractivity contribution < 1.29 is 14.0 Å². The first-order valence-electron chi connectivity index (χ1n) is 8.19. The summed E-state index contributed by atoms with van der Waals surface area (Å²) in [7, 11) is 0. The van der Waals surface area contributed by atoms with Gasteiger partial charge in [0, 0.05) is 37.5 Å². The van der Waals surface area contributed by atoms with Crippen molar-refractivity contribution in [1.82, 2.24) is 4.90 Å².